The minimum absolute atomic E-state index is 0. The molecular weight excluding hydrogens is 754 g/mol. The first kappa shape index (κ1) is 33.1. The summed E-state index contributed by atoms with van der Waals surface area (Å²) in [6, 6.07) is 26.7. The van der Waals surface area contributed by atoms with Crippen molar-refractivity contribution in [2.75, 3.05) is 0 Å². The molecular formula is C29H25IrN8Ru-. The minimum atomic E-state index is 0. The van der Waals surface area contributed by atoms with Crippen molar-refractivity contribution in [1.82, 2.24) is 39.9 Å². The largest absolute Gasteiger partial charge is 0.358 e. The van der Waals surface area contributed by atoms with Crippen molar-refractivity contribution in [3.05, 3.63) is 142 Å². The van der Waals surface area contributed by atoms with E-state index in [4.69, 9.17) is 0 Å². The molecule has 0 aliphatic rings. The van der Waals surface area contributed by atoms with Crippen LogP contribution in [-0.4, -0.2) is 39.9 Å². The topological polar surface area (TPSA) is 103 Å². The van der Waals surface area contributed by atoms with Gasteiger partial charge in [-0.1, -0.05) is 24.3 Å². The Labute approximate surface area is 254 Å². The van der Waals surface area contributed by atoms with E-state index in [1.165, 1.54) is 0 Å². The zero-order valence-electron chi connectivity index (χ0n) is 21.0. The molecule has 0 saturated heterocycles. The van der Waals surface area contributed by atoms with E-state index in [9.17, 15) is 0 Å². The van der Waals surface area contributed by atoms with Crippen molar-refractivity contribution in [2.45, 2.75) is 0 Å². The summed E-state index contributed by atoms with van der Waals surface area (Å²) in [4.78, 5) is 32.8. The first-order valence-electron chi connectivity index (χ1n) is 11.1. The van der Waals surface area contributed by atoms with Crippen LogP contribution >= 0.6 is 0 Å². The molecule has 8 nitrogen and oxygen atoms in total. The van der Waals surface area contributed by atoms with Crippen LogP contribution in [0.5, 0.6) is 0 Å². The molecule has 1 radical (unpaired) electrons. The third kappa shape index (κ3) is 11.1. The van der Waals surface area contributed by atoms with Crippen LogP contribution in [-0.2, 0) is 39.6 Å². The summed E-state index contributed by atoms with van der Waals surface area (Å²) in [6.07, 6.45) is 13.7. The molecule has 0 unspecified atom stereocenters. The minimum Gasteiger partial charge on any atom is -0.358 e. The molecule has 10 heteroatoms. The van der Waals surface area contributed by atoms with Gasteiger partial charge in [0.15, 0.2) is 11.6 Å². The van der Waals surface area contributed by atoms with Gasteiger partial charge in [-0.3, -0.25) is 19.9 Å². The first-order valence-corrected chi connectivity index (χ1v) is 11.1. The fraction of sp³-hybridized carbons (Fsp3) is 0. The standard InChI is InChI=1S/2C10H8N2.C8H6N4.CH3.Ir.Ru/c2*1-3-7-11-9(5-1)10-6-2-4-8-12-10;1-3-9-7(10-4-1)8-11-5-2-6-12-8;;;/h2*1-8H;1-6H;1H3;;/q;;;-1;;. The van der Waals surface area contributed by atoms with E-state index in [0.717, 1.165) is 22.8 Å². The summed E-state index contributed by atoms with van der Waals surface area (Å²) in [6.45, 7) is 0. The molecule has 39 heavy (non-hydrogen) atoms. The molecule has 0 N–H and O–H groups in total. The van der Waals surface area contributed by atoms with Gasteiger partial charge in [0, 0.05) is 89.2 Å². The van der Waals surface area contributed by atoms with Crippen LogP contribution in [0, 0.1) is 7.43 Å². The van der Waals surface area contributed by atoms with Gasteiger partial charge in [0.05, 0.1) is 22.8 Å². The van der Waals surface area contributed by atoms with E-state index >= 15 is 0 Å². The van der Waals surface area contributed by atoms with E-state index in [0.29, 0.717) is 11.6 Å². The Morgan fingerprint density at radius 3 is 0.744 bits per heavy atom. The van der Waals surface area contributed by atoms with Crippen molar-refractivity contribution in [3.63, 3.8) is 0 Å². The summed E-state index contributed by atoms with van der Waals surface area (Å²) in [5, 5.41) is 0. The van der Waals surface area contributed by atoms with Gasteiger partial charge in [-0.05, 0) is 60.7 Å². The molecule has 0 aliphatic carbocycles. The fourth-order valence-electron chi connectivity index (χ4n) is 2.89. The van der Waals surface area contributed by atoms with Crippen molar-refractivity contribution < 1.29 is 39.6 Å². The van der Waals surface area contributed by atoms with Crippen LogP contribution < -0.4 is 0 Å². The number of nitrogens with zero attached hydrogens (tertiary/aromatic N) is 8. The summed E-state index contributed by atoms with van der Waals surface area (Å²) in [7, 11) is 0. The monoisotopic (exact) mass is 780 g/mol. The SMILES string of the molecule is [CH3-].[Ir].[Ru].c1ccc(-c2ccccn2)nc1.c1ccc(-c2ccccn2)nc1.c1cnc(-c2ncccn2)nc1. The van der Waals surface area contributed by atoms with Crippen LogP contribution in [0.2, 0.25) is 0 Å². The Hall–Kier alpha value is -3.97. The number of aromatic nitrogens is 8. The second-order valence-electron chi connectivity index (χ2n) is 7.00. The predicted octanol–water partition coefficient (Wildman–Crippen LogP) is 5.67. The molecule has 0 fully saturated rings. The van der Waals surface area contributed by atoms with Crippen LogP contribution in [0.3, 0.4) is 0 Å². The molecule has 0 spiro atoms. The molecule has 6 rings (SSSR count). The summed E-state index contributed by atoms with van der Waals surface area (Å²) >= 11 is 0. The van der Waals surface area contributed by atoms with Gasteiger partial charge >= 0.3 is 0 Å². The van der Waals surface area contributed by atoms with Crippen molar-refractivity contribution in [1.29, 1.82) is 0 Å². The number of pyridine rings is 4. The van der Waals surface area contributed by atoms with Crippen molar-refractivity contribution in [3.8, 4) is 34.4 Å². The maximum atomic E-state index is 4.19. The Kier molecular flexibility index (Phi) is 16.2. The molecule has 6 heterocycles. The van der Waals surface area contributed by atoms with E-state index in [1.54, 1.807) is 61.7 Å². The second-order valence-corrected chi connectivity index (χ2v) is 7.00. The van der Waals surface area contributed by atoms with Crippen molar-refractivity contribution >= 4 is 0 Å². The van der Waals surface area contributed by atoms with Crippen LogP contribution in [0.4, 0.5) is 0 Å². The zero-order valence-corrected chi connectivity index (χ0v) is 25.1. The molecule has 0 amide bonds. The third-order valence-corrected chi connectivity index (χ3v) is 4.52. The Bertz CT molecular complexity index is 1110. The third-order valence-electron chi connectivity index (χ3n) is 4.52. The van der Waals surface area contributed by atoms with Crippen LogP contribution in [0.25, 0.3) is 34.4 Å². The maximum Gasteiger partial charge on any atom is 0.197 e. The molecule has 6 aromatic heterocycles. The molecule has 0 saturated carbocycles. The Morgan fingerprint density at radius 2 is 0.538 bits per heavy atom. The molecule has 6 aromatic rings. The van der Waals surface area contributed by atoms with Gasteiger partial charge in [0.2, 0.25) is 0 Å². The van der Waals surface area contributed by atoms with E-state index in [-0.39, 0.29) is 47.0 Å². The Morgan fingerprint density at radius 1 is 0.308 bits per heavy atom. The first-order chi connectivity index (χ1) is 17.9. The molecule has 0 bridgehead atoms. The predicted molar refractivity (Wildman–Crippen MR) is 144 cm³/mol. The number of rotatable bonds is 3. The Balaban J connectivity index is 0.000000282. The van der Waals surface area contributed by atoms with Crippen LogP contribution in [0.15, 0.2) is 135 Å². The smallest absolute Gasteiger partial charge is 0.197 e. The molecule has 0 aromatic carbocycles. The quantitative estimate of drug-likeness (QED) is 0.168. The summed E-state index contributed by atoms with van der Waals surface area (Å²) in [5.74, 6) is 1.11. The van der Waals surface area contributed by atoms with E-state index < -0.39 is 0 Å². The summed E-state index contributed by atoms with van der Waals surface area (Å²) in [5.41, 5.74) is 3.66. The van der Waals surface area contributed by atoms with E-state index in [2.05, 4.69) is 39.9 Å². The normalized spacial score (nSPS) is 8.92. The second kappa shape index (κ2) is 19.2. The average Bonchev–Trinajstić information content (AvgIpc) is 3.01. The van der Waals surface area contributed by atoms with Gasteiger partial charge in [-0.15, -0.1) is 0 Å². The van der Waals surface area contributed by atoms with Gasteiger partial charge in [-0.2, -0.15) is 0 Å². The van der Waals surface area contributed by atoms with Gasteiger partial charge in [0.25, 0.3) is 0 Å². The molecule has 0 aliphatic heterocycles. The average molecular weight is 779 g/mol. The zero-order chi connectivity index (χ0) is 24.7. The van der Waals surface area contributed by atoms with Gasteiger partial charge in [0.1, 0.15) is 0 Å². The number of hydrogen-bond donors (Lipinski definition) is 0. The van der Waals surface area contributed by atoms with Gasteiger partial charge < -0.3 is 7.43 Å². The number of hydrogen-bond acceptors (Lipinski definition) is 8. The van der Waals surface area contributed by atoms with Crippen molar-refractivity contribution in [2.24, 2.45) is 0 Å². The molecule has 199 valence electrons. The van der Waals surface area contributed by atoms with Gasteiger partial charge in [-0.25, -0.2) is 19.9 Å². The van der Waals surface area contributed by atoms with E-state index in [1.807, 2.05) is 72.8 Å². The fourth-order valence-corrected chi connectivity index (χ4v) is 2.89. The summed E-state index contributed by atoms with van der Waals surface area (Å²) < 4.78 is 0. The maximum absolute atomic E-state index is 4.19. The van der Waals surface area contributed by atoms with Crippen LogP contribution in [0.1, 0.15) is 0 Å². The molecule has 0 atom stereocenters.